The minimum absolute atomic E-state index is 0.411. The number of rotatable bonds is 5. The first-order valence-electron chi connectivity index (χ1n) is 7.63. The van der Waals surface area contributed by atoms with E-state index in [-0.39, 0.29) is 0 Å². The van der Waals surface area contributed by atoms with E-state index in [1.54, 1.807) is 14.0 Å². The Hall–Kier alpha value is -2.59. The van der Waals surface area contributed by atoms with Gasteiger partial charge < -0.3 is 15.2 Å². The SMILES string of the molecule is COc1ccc(-c2cc(NCC(C)O)c3ccccc3n2)cc1. The number of ether oxygens (including phenoxy) is 1. The van der Waals surface area contributed by atoms with Crippen LogP contribution >= 0.6 is 0 Å². The summed E-state index contributed by atoms with van der Waals surface area (Å²) in [6.45, 7) is 2.26. The van der Waals surface area contributed by atoms with Crippen LogP contribution in [0.5, 0.6) is 5.75 Å². The molecule has 2 N–H and O–H groups in total. The fourth-order valence-corrected chi connectivity index (χ4v) is 2.49. The highest BCUT2D eigenvalue weighted by Gasteiger charge is 2.08. The summed E-state index contributed by atoms with van der Waals surface area (Å²) in [5.74, 6) is 0.821. The Morgan fingerprint density at radius 3 is 2.57 bits per heavy atom. The quantitative estimate of drug-likeness (QED) is 0.754. The van der Waals surface area contributed by atoms with Gasteiger partial charge in [-0.15, -0.1) is 0 Å². The lowest BCUT2D eigenvalue weighted by molar-refractivity contribution is 0.208. The summed E-state index contributed by atoms with van der Waals surface area (Å²) < 4.78 is 5.20. The predicted molar refractivity (Wildman–Crippen MR) is 93.9 cm³/mol. The number of nitrogens with zero attached hydrogens (tertiary/aromatic N) is 1. The molecule has 1 atom stereocenters. The van der Waals surface area contributed by atoms with E-state index in [1.165, 1.54) is 0 Å². The van der Waals surface area contributed by atoms with Gasteiger partial charge in [-0.05, 0) is 43.3 Å². The number of nitrogens with one attached hydrogen (secondary N) is 1. The Bertz CT molecular complexity index is 798. The molecule has 118 valence electrons. The summed E-state index contributed by atoms with van der Waals surface area (Å²) in [5.41, 5.74) is 3.81. The molecule has 0 amide bonds. The van der Waals surface area contributed by atoms with Gasteiger partial charge in [-0.1, -0.05) is 18.2 Å². The Kier molecular flexibility index (Phi) is 4.44. The van der Waals surface area contributed by atoms with Crippen LogP contribution in [0.1, 0.15) is 6.92 Å². The molecule has 23 heavy (non-hydrogen) atoms. The number of benzene rings is 2. The molecule has 0 aliphatic rings. The molecule has 0 saturated heterocycles. The van der Waals surface area contributed by atoms with Crippen LogP contribution in [0.15, 0.2) is 54.6 Å². The second kappa shape index (κ2) is 6.67. The lowest BCUT2D eigenvalue weighted by Gasteiger charge is -2.13. The average Bonchev–Trinajstić information content (AvgIpc) is 2.59. The smallest absolute Gasteiger partial charge is 0.118 e. The van der Waals surface area contributed by atoms with E-state index in [9.17, 15) is 5.11 Å². The molecule has 0 fully saturated rings. The van der Waals surface area contributed by atoms with Gasteiger partial charge in [0.1, 0.15) is 5.75 Å². The standard InChI is InChI=1S/C19H20N2O2/c1-13(22)12-20-19-11-18(14-7-9-15(23-2)10-8-14)21-17-6-4-3-5-16(17)19/h3-11,13,22H,12H2,1-2H3,(H,20,21). The highest BCUT2D eigenvalue weighted by molar-refractivity contribution is 5.93. The number of aromatic nitrogens is 1. The summed E-state index contributed by atoms with van der Waals surface area (Å²) in [7, 11) is 1.65. The van der Waals surface area contributed by atoms with Crippen molar-refractivity contribution < 1.29 is 9.84 Å². The fraction of sp³-hybridized carbons (Fsp3) is 0.211. The molecule has 0 spiro atoms. The lowest BCUT2D eigenvalue weighted by atomic mass is 10.1. The first-order chi connectivity index (χ1) is 11.2. The molecule has 2 aromatic carbocycles. The zero-order valence-electron chi connectivity index (χ0n) is 13.3. The van der Waals surface area contributed by atoms with Gasteiger partial charge in [0, 0.05) is 23.2 Å². The molecule has 0 aliphatic carbocycles. The van der Waals surface area contributed by atoms with Gasteiger partial charge in [0.25, 0.3) is 0 Å². The van der Waals surface area contributed by atoms with Crippen molar-refractivity contribution in [2.45, 2.75) is 13.0 Å². The molecule has 1 unspecified atom stereocenters. The molecule has 3 rings (SSSR count). The molecule has 1 aromatic heterocycles. The van der Waals surface area contributed by atoms with Crippen molar-refractivity contribution in [3.8, 4) is 17.0 Å². The van der Waals surface area contributed by atoms with Crippen LogP contribution in [0.25, 0.3) is 22.2 Å². The number of para-hydroxylation sites is 1. The van der Waals surface area contributed by atoms with E-state index in [0.717, 1.165) is 33.6 Å². The maximum absolute atomic E-state index is 9.54. The third kappa shape index (κ3) is 3.43. The maximum atomic E-state index is 9.54. The number of aliphatic hydroxyl groups excluding tert-OH is 1. The topological polar surface area (TPSA) is 54.4 Å². The summed E-state index contributed by atoms with van der Waals surface area (Å²) in [6, 6.07) is 17.9. The second-order valence-electron chi connectivity index (χ2n) is 5.53. The molecule has 3 aromatic rings. The molecule has 1 heterocycles. The number of fused-ring (bicyclic) bond motifs is 1. The van der Waals surface area contributed by atoms with E-state index in [1.807, 2.05) is 54.6 Å². The minimum atomic E-state index is -0.411. The van der Waals surface area contributed by atoms with E-state index in [4.69, 9.17) is 9.72 Å². The van der Waals surface area contributed by atoms with Gasteiger partial charge >= 0.3 is 0 Å². The monoisotopic (exact) mass is 308 g/mol. The van der Waals surface area contributed by atoms with E-state index in [0.29, 0.717) is 6.54 Å². The van der Waals surface area contributed by atoms with Crippen molar-refractivity contribution in [2.24, 2.45) is 0 Å². The normalized spacial score (nSPS) is 12.1. The summed E-state index contributed by atoms with van der Waals surface area (Å²) >= 11 is 0. The number of pyridine rings is 1. The Balaban J connectivity index is 2.06. The van der Waals surface area contributed by atoms with Gasteiger partial charge in [-0.3, -0.25) is 0 Å². The molecule has 0 aliphatic heterocycles. The average molecular weight is 308 g/mol. The van der Waals surface area contributed by atoms with Crippen LogP contribution in [-0.4, -0.2) is 29.8 Å². The zero-order valence-corrected chi connectivity index (χ0v) is 13.3. The third-order valence-corrected chi connectivity index (χ3v) is 3.69. The number of aliphatic hydroxyl groups is 1. The van der Waals surface area contributed by atoms with Gasteiger partial charge in [-0.2, -0.15) is 0 Å². The van der Waals surface area contributed by atoms with Gasteiger partial charge in [0.2, 0.25) is 0 Å². The van der Waals surface area contributed by atoms with Crippen LogP contribution in [0.4, 0.5) is 5.69 Å². The molecule has 0 radical (unpaired) electrons. The van der Waals surface area contributed by atoms with Crippen molar-refractivity contribution in [1.29, 1.82) is 0 Å². The van der Waals surface area contributed by atoms with Crippen molar-refractivity contribution in [3.63, 3.8) is 0 Å². The predicted octanol–water partition coefficient (Wildman–Crippen LogP) is 3.70. The summed E-state index contributed by atoms with van der Waals surface area (Å²) in [6.07, 6.45) is -0.411. The number of anilines is 1. The number of hydrogen-bond acceptors (Lipinski definition) is 4. The molecular weight excluding hydrogens is 288 g/mol. The lowest BCUT2D eigenvalue weighted by Crippen LogP contribution is -2.15. The van der Waals surface area contributed by atoms with Crippen molar-refractivity contribution in [3.05, 3.63) is 54.6 Å². The fourth-order valence-electron chi connectivity index (χ4n) is 2.49. The minimum Gasteiger partial charge on any atom is -0.497 e. The zero-order chi connectivity index (χ0) is 16.2. The molecular formula is C19H20N2O2. The van der Waals surface area contributed by atoms with Gasteiger partial charge in [-0.25, -0.2) is 4.98 Å². The van der Waals surface area contributed by atoms with Crippen molar-refractivity contribution in [2.75, 3.05) is 19.0 Å². The van der Waals surface area contributed by atoms with E-state index < -0.39 is 6.10 Å². The Labute approximate surface area is 135 Å². The highest BCUT2D eigenvalue weighted by Crippen LogP contribution is 2.29. The van der Waals surface area contributed by atoms with E-state index in [2.05, 4.69) is 5.32 Å². The number of methoxy groups -OCH3 is 1. The van der Waals surface area contributed by atoms with Gasteiger partial charge in [0.05, 0.1) is 24.4 Å². The van der Waals surface area contributed by atoms with Crippen LogP contribution in [0.2, 0.25) is 0 Å². The van der Waals surface area contributed by atoms with E-state index >= 15 is 0 Å². The first kappa shape index (κ1) is 15.3. The largest absolute Gasteiger partial charge is 0.497 e. The molecule has 4 nitrogen and oxygen atoms in total. The summed E-state index contributed by atoms with van der Waals surface area (Å²) in [5, 5.41) is 13.9. The van der Waals surface area contributed by atoms with Crippen molar-refractivity contribution in [1.82, 2.24) is 4.98 Å². The van der Waals surface area contributed by atoms with Crippen molar-refractivity contribution >= 4 is 16.6 Å². The third-order valence-electron chi connectivity index (χ3n) is 3.69. The molecule has 0 bridgehead atoms. The molecule has 0 saturated carbocycles. The number of hydrogen-bond donors (Lipinski definition) is 2. The molecule has 4 heteroatoms. The van der Waals surface area contributed by atoms with Gasteiger partial charge in [0.15, 0.2) is 0 Å². The Morgan fingerprint density at radius 1 is 1.13 bits per heavy atom. The maximum Gasteiger partial charge on any atom is 0.118 e. The van der Waals surface area contributed by atoms with Crippen LogP contribution < -0.4 is 10.1 Å². The Morgan fingerprint density at radius 2 is 1.87 bits per heavy atom. The van der Waals surface area contributed by atoms with Crippen LogP contribution in [0, 0.1) is 0 Å². The summed E-state index contributed by atoms with van der Waals surface area (Å²) in [4.78, 5) is 4.75. The van der Waals surface area contributed by atoms with Crippen LogP contribution in [0.3, 0.4) is 0 Å². The van der Waals surface area contributed by atoms with Crippen LogP contribution in [-0.2, 0) is 0 Å². The highest BCUT2D eigenvalue weighted by atomic mass is 16.5. The second-order valence-corrected chi connectivity index (χ2v) is 5.53. The first-order valence-corrected chi connectivity index (χ1v) is 7.63.